The molecule has 1 aromatic heterocycles. The van der Waals surface area contributed by atoms with Gasteiger partial charge < -0.3 is 0 Å². The molecule has 2 N–H and O–H groups in total. The number of rotatable bonds is 3. The second kappa shape index (κ2) is 3.25. The molecule has 0 spiro atoms. The summed E-state index contributed by atoms with van der Waals surface area (Å²) in [4.78, 5) is 4.86. The molecular formula is C8H15N3O. The lowest BCUT2D eigenvalue weighted by atomic mass is 10.1. The van der Waals surface area contributed by atoms with Crippen molar-refractivity contribution in [1.82, 2.24) is 9.78 Å². The van der Waals surface area contributed by atoms with Crippen molar-refractivity contribution in [2.75, 3.05) is 0 Å². The van der Waals surface area contributed by atoms with Gasteiger partial charge in [-0.3, -0.25) is 9.52 Å². The van der Waals surface area contributed by atoms with Crippen molar-refractivity contribution >= 4 is 0 Å². The zero-order valence-electron chi connectivity index (χ0n) is 7.74. The first-order chi connectivity index (χ1) is 5.61. The van der Waals surface area contributed by atoms with Crippen LogP contribution >= 0.6 is 0 Å². The van der Waals surface area contributed by atoms with E-state index in [1.807, 2.05) is 31.5 Å². The highest BCUT2D eigenvalue weighted by Crippen LogP contribution is 2.21. The van der Waals surface area contributed by atoms with E-state index in [9.17, 15) is 0 Å². The van der Waals surface area contributed by atoms with E-state index in [4.69, 9.17) is 10.7 Å². The van der Waals surface area contributed by atoms with Gasteiger partial charge in [-0.25, -0.2) is 5.90 Å². The van der Waals surface area contributed by atoms with Crippen LogP contribution in [-0.4, -0.2) is 9.78 Å². The standard InChI is InChI=1S/C8H15N3O/c1-4-11-7(5-6-10-11)8(2,3)12-9/h5-6H,4,9H2,1-3H3. The molecule has 0 saturated carbocycles. The smallest absolute Gasteiger partial charge is 0.125 e. The number of aryl methyl sites for hydroxylation is 1. The molecule has 0 saturated heterocycles. The maximum Gasteiger partial charge on any atom is 0.125 e. The SMILES string of the molecule is CCn1nccc1C(C)(C)ON. The van der Waals surface area contributed by atoms with Crippen LogP contribution in [0.2, 0.25) is 0 Å². The number of aromatic nitrogens is 2. The lowest BCUT2D eigenvalue weighted by molar-refractivity contribution is -0.0299. The van der Waals surface area contributed by atoms with E-state index in [-0.39, 0.29) is 0 Å². The van der Waals surface area contributed by atoms with Crippen molar-refractivity contribution in [3.8, 4) is 0 Å². The predicted octanol–water partition coefficient (Wildman–Crippen LogP) is 1.03. The minimum absolute atomic E-state index is 0.466. The van der Waals surface area contributed by atoms with Crippen molar-refractivity contribution in [2.24, 2.45) is 5.90 Å². The largest absolute Gasteiger partial charge is 0.292 e. The molecule has 0 amide bonds. The average molecular weight is 169 g/mol. The summed E-state index contributed by atoms with van der Waals surface area (Å²) in [6.07, 6.45) is 1.75. The van der Waals surface area contributed by atoms with Crippen LogP contribution in [0.5, 0.6) is 0 Å². The lowest BCUT2D eigenvalue weighted by Gasteiger charge is -2.22. The second-order valence-corrected chi connectivity index (χ2v) is 3.16. The van der Waals surface area contributed by atoms with E-state index in [2.05, 4.69) is 5.10 Å². The van der Waals surface area contributed by atoms with Gasteiger partial charge in [-0.15, -0.1) is 0 Å². The first-order valence-corrected chi connectivity index (χ1v) is 4.02. The molecule has 12 heavy (non-hydrogen) atoms. The summed E-state index contributed by atoms with van der Waals surface area (Å²) in [5.41, 5.74) is 0.527. The Balaban J connectivity index is 3.00. The predicted molar refractivity (Wildman–Crippen MR) is 46.2 cm³/mol. The van der Waals surface area contributed by atoms with E-state index in [0.29, 0.717) is 0 Å². The van der Waals surface area contributed by atoms with Crippen molar-refractivity contribution < 1.29 is 4.84 Å². The molecule has 0 unspecified atom stereocenters. The van der Waals surface area contributed by atoms with Gasteiger partial charge >= 0.3 is 0 Å². The van der Waals surface area contributed by atoms with Crippen LogP contribution in [0, 0.1) is 0 Å². The molecule has 68 valence electrons. The first kappa shape index (κ1) is 9.22. The second-order valence-electron chi connectivity index (χ2n) is 3.16. The number of nitrogens with two attached hydrogens (primary N) is 1. The molecule has 0 bridgehead atoms. The highest BCUT2D eigenvalue weighted by molar-refractivity contribution is 5.09. The van der Waals surface area contributed by atoms with Crippen LogP contribution in [0.1, 0.15) is 26.5 Å². The van der Waals surface area contributed by atoms with Gasteiger partial charge in [0.1, 0.15) is 5.60 Å². The maximum atomic E-state index is 5.18. The van der Waals surface area contributed by atoms with Crippen LogP contribution in [0.25, 0.3) is 0 Å². The van der Waals surface area contributed by atoms with Crippen LogP contribution in [0.3, 0.4) is 0 Å². The third-order valence-electron chi connectivity index (χ3n) is 1.93. The molecule has 0 aliphatic rings. The van der Waals surface area contributed by atoms with E-state index >= 15 is 0 Å². The van der Waals surface area contributed by atoms with Crippen molar-refractivity contribution in [3.05, 3.63) is 18.0 Å². The summed E-state index contributed by atoms with van der Waals surface area (Å²) in [6, 6.07) is 1.91. The summed E-state index contributed by atoms with van der Waals surface area (Å²) in [7, 11) is 0. The van der Waals surface area contributed by atoms with Gasteiger partial charge in [-0.05, 0) is 26.8 Å². The van der Waals surface area contributed by atoms with Crippen LogP contribution in [-0.2, 0) is 17.0 Å². The van der Waals surface area contributed by atoms with Gasteiger partial charge in [0.15, 0.2) is 0 Å². The fourth-order valence-corrected chi connectivity index (χ4v) is 1.16. The molecule has 4 nitrogen and oxygen atoms in total. The monoisotopic (exact) mass is 169 g/mol. The molecule has 0 aliphatic heterocycles. The summed E-state index contributed by atoms with van der Waals surface area (Å²) >= 11 is 0. The van der Waals surface area contributed by atoms with Gasteiger partial charge in [-0.1, -0.05) is 0 Å². The van der Waals surface area contributed by atoms with Crippen LogP contribution in [0.15, 0.2) is 12.3 Å². The number of hydrogen-bond donors (Lipinski definition) is 1. The summed E-state index contributed by atoms with van der Waals surface area (Å²) in [5.74, 6) is 5.18. The molecule has 1 heterocycles. The van der Waals surface area contributed by atoms with Gasteiger partial charge in [0.05, 0.1) is 5.69 Å². The van der Waals surface area contributed by atoms with E-state index in [1.54, 1.807) is 6.20 Å². The molecule has 0 aliphatic carbocycles. The quantitative estimate of drug-likeness (QED) is 0.687. The molecular weight excluding hydrogens is 154 g/mol. The minimum atomic E-state index is -0.466. The maximum absolute atomic E-state index is 5.18. The molecule has 0 atom stereocenters. The zero-order chi connectivity index (χ0) is 9.19. The Hall–Kier alpha value is -0.870. The Labute approximate surface area is 72.3 Å². The number of hydrogen-bond acceptors (Lipinski definition) is 3. The Morgan fingerprint density at radius 3 is 2.83 bits per heavy atom. The topological polar surface area (TPSA) is 53.1 Å². The highest BCUT2D eigenvalue weighted by Gasteiger charge is 2.24. The zero-order valence-corrected chi connectivity index (χ0v) is 7.74. The van der Waals surface area contributed by atoms with Crippen LogP contribution < -0.4 is 5.90 Å². The molecule has 0 fully saturated rings. The van der Waals surface area contributed by atoms with E-state index in [1.165, 1.54) is 0 Å². The molecule has 0 radical (unpaired) electrons. The first-order valence-electron chi connectivity index (χ1n) is 4.02. The number of nitrogens with zero attached hydrogens (tertiary/aromatic N) is 2. The Morgan fingerprint density at radius 1 is 1.67 bits per heavy atom. The van der Waals surface area contributed by atoms with E-state index in [0.717, 1.165) is 12.2 Å². The van der Waals surface area contributed by atoms with Crippen molar-refractivity contribution in [1.29, 1.82) is 0 Å². The fraction of sp³-hybridized carbons (Fsp3) is 0.625. The Bertz CT molecular complexity index is 255. The average Bonchev–Trinajstić information content (AvgIpc) is 2.52. The molecule has 4 heteroatoms. The van der Waals surface area contributed by atoms with Crippen molar-refractivity contribution in [2.45, 2.75) is 32.9 Å². The van der Waals surface area contributed by atoms with Gasteiger partial charge in [0.2, 0.25) is 0 Å². The van der Waals surface area contributed by atoms with Gasteiger partial charge in [0.25, 0.3) is 0 Å². The van der Waals surface area contributed by atoms with Gasteiger partial charge in [0, 0.05) is 12.7 Å². The normalized spacial score (nSPS) is 12.0. The molecule has 0 aromatic carbocycles. The van der Waals surface area contributed by atoms with Gasteiger partial charge in [-0.2, -0.15) is 5.10 Å². The van der Waals surface area contributed by atoms with E-state index < -0.39 is 5.60 Å². The fourth-order valence-electron chi connectivity index (χ4n) is 1.16. The minimum Gasteiger partial charge on any atom is -0.292 e. The van der Waals surface area contributed by atoms with Crippen LogP contribution in [0.4, 0.5) is 0 Å². The Morgan fingerprint density at radius 2 is 2.33 bits per heavy atom. The Kier molecular flexibility index (Phi) is 2.49. The lowest BCUT2D eigenvalue weighted by Crippen LogP contribution is -2.28. The summed E-state index contributed by atoms with van der Waals surface area (Å²) < 4.78 is 1.87. The third kappa shape index (κ3) is 1.49. The molecule has 1 aromatic rings. The third-order valence-corrected chi connectivity index (χ3v) is 1.93. The van der Waals surface area contributed by atoms with Crippen molar-refractivity contribution in [3.63, 3.8) is 0 Å². The summed E-state index contributed by atoms with van der Waals surface area (Å²) in [6.45, 7) is 6.69. The molecule has 1 rings (SSSR count). The summed E-state index contributed by atoms with van der Waals surface area (Å²) in [5, 5.41) is 4.13. The highest BCUT2D eigenvalue weighted by atomic mass is 16.6.